The zero-order chi connectivity index (χ0) is 6.69. The first-order valence-corrected chi connectivity index (χ1v) is 3.12. The third-order valence-corrected chi connectivity index (χ3v) is 1.41. The van der Waals surface area contributed by atoms with E-state index >= 15 is 0 Å². The van der Waals surface area contributed by atoms with Crippen molar-refractivity contribution in [2.75, 3.05) is 0 Å². The molecule has 2 nitrogen and oxygen atoms in total. The van der Waals surface area contributed by atoms with E-state index in [9.17, 15) is 0 Å². The van der Waals surface area contributed by atoms with Crippen LogP contribution in [0.15, 0.2) is 23.0 Å². The van der Waals surface area contributed by atoms with Crippen molar-refractivity contribution in [1.29, 1.82) is 0 Å². The quantitative estimate of drug-likeness (QED) is 0.722. The lowest BCUT2D eigenvalue weighted by atomic mass is 10.1. The third kappa shape index (κ3) is 2.05. The Morgan fingerprint density at radius 1 is 1.70 bits per heavy atom. The first-order valence-electron chi connectivity index (χ1n) is 3.12. The molecule has 2 N–H and O–H groups in total. The van der Waals surface area contributed by atoms with Crippen molar-refractivity contribution >= 4 is 12.4 Å². The van der Waals surface area contributed by atoms with Gasteiger partial charge in [-0.3, -0.25) is 0 Å². The molecule has 0 fully saturated rings. The Balaban J connectivity index is 0.000000810. The smallest absolute Gasteiger partial charge is 0.0950 e. The number of hydrogen-bond acceptors (Lipinski definition) is 2. The Morgan fingerprint density at radius 2 is 2.40 bits per heavy atom. The number of rotatable bonds is 2. The Morgan fingerprint density at radius 3 is 2.80 bits per heavy atom. The molecule has 0 saturated carbocycles. The largest absolute Gasteiger partial charge is 0.472 e. The number of nitrogens with two attached hydrogens (primary N) is 1. The fourth-order valence-electron chi connectivity index (χ4n) is 0.722. The minimum Gasteiger partial charge on any atom is -0.472 e. The maximum absolute atomic E-state index is 5.68. The standard InChI is InChI=1S/C7H11NO.ClH/c1-2-7(8)6-3-4-9-5-6;/h3-5,7H,2,8H2,1H3;1H/t7-;/m0./s1. The first kappa shape index (κ1) is 9.53. The minimum absolute atomic E-state index is 0. The van der Waals surface area contributed by atoms with Gasteiger partial charge in [-0.15, -0.1) is 12.4 Å². The average molecular weight is 162 g/mol. The molecule has 1 aromatic rings. The van der Waals surface area contributed by atoms with Crippen LogP contribution in [0.2, 0.25) is 0 Å². The van der Waals surface area contributed by atoms with Gasteiger partial charge in [0.2, 0.25) is 0 Å². The maximum Gasteiger partial charge on any atom is 0.0950 e. The second-order valence-corrected chi connectivity index (χ2v) is 2.07. The topological polar surface area (TPSA) is 39.2 Å². The molecular weight excluding hydrogens is 150 g/mol. The molecule has 0 aliphatic rings. The van der Waals surface area contributed by atoms with Gasteiger partial charge in [0.1, 0.15) is 0 Å². The molecule has 10 heavy (non-hydrogen) atoms. The number of hydrogen-bond donors (Lipinski definition) is 1. The van der Waals surface area contributed by atoms with Crippen LogP contribution in [0.1, 0.15) is 24.9 Å². The van der Waals surface area contributed by atoms with Gasteiger partial charge in [-0.25, -0.2) is 0 Å². The molecule has 0 aromatic carbocycles. The number of halogens is 1. The van der Waals surface area contributed by atoms with Crippen molar-refractivity contribution in [3.63, 3.8) is 0 Å². The van der Waals surface area contributed by atoms with Gasteiger partial charge in [0.15, 0.2) is 0 Å². The van der Waals surface area contributed by atoms with Crippen LogP contribution in [0, 0.1) is 0 Å². The van der Waals surface area contributed by atoms with E-state index < -0.39 is 0 Å². The molecule has 1 rings (SSSR count). The minimum atomic E-state index is 0. The van der Waals surface area contributed by atoms with Gasteiger partial charge >= 0.3 is 0 Å². The van der Waals surface area contributed by atoms with Gasteiger partial charge < -0.3 is 10.2 Å². The summed E-state index contributed by atoms with van der Waals surface area (Å²) in [7, 11) is 0. The van der Waals surface area contributed by atoms with Crippen LogP contribution in [-0.2, 0) is 0 Å². The van der Waals surface area contributed by atoms with Crippen LogP contribution >= 0.6 is 12.4 Å². The lowest BCUT2D eigenvalue weighted by Crippen LogP contribution is -2.06. The lowest BCUT2D eigenvalue weighted by Gasteiger charge is -2.02. The summed E-state index contributed by atoms with van der Waals surface area (Å²) in [5.41, 5.74) is 6.76. The normalized spacial score (nSPS) is 12.2. The Hall–Kier alpha value is -0.470. The van der Waals surface area contributed by atoms with Crippen LogP contribution < -0.4 is 5.73 Å². The molecule has 0 amide bonds. The van der Waals surface area contributed by atoms with Gasteiger partial charge in [0.05, 0.1) is 12.5 Å². The highest BCUT2D eigenvalue weighted by atomic mass is 35.5. The highest BCUT2D eigenvalue weighted by Crippen LogP contribution is 2.12. The van der Waals surface area contributed by atoms with Crippen molar-refractivity contribution in [2.45, 2.75) is 19.4 Å². The molecule has 0 radical (unpaired) electrons. The maximum atomic E-state index is 5.68. The van der Waals surface area contributed by atoms with Crippen LogP contribution in [0.5, 0.6) is 0 Å². The summed E-state index contributed by atoms with van der Waals surface area (Å²) in [4.78, 5) is 0. The molecule has 58 valence electrons. The van der Waals surface area contributed by atoms with Crippen LogP contribution in [0.4, 0.5) is 0 Å². The van der Waals surface area contributed by atoms with Gasteiger partial charge in [0.25, 0.3) is 0 Å². The fourth-order valence-corrected chi connectivity index (χ4v) is 0.722. The van der Waals surface area contributed by atoms with Crippen molar-refractivity contribution in [3.05, 3.63) is 24.2 Å². The van der Waals surface area contributed by atoms with Gasteiger partial charge in [0, 0.05) is 11.6 Å². The Labute approximate surface area is 66.8 Å². The molecule has 0 unspecified atom stereocenters. The summed E-state index contributed by atoms with van der Waals surface area (Å²) < 4.78 is 4.86. The van der Waals surface area contributed by atoms with E-state index in [-0.39, 0.29) is 18.4 Å². The van der Waals surface area contributed by atoms with Crippen molar-refractivity contribution in [2.24, 2.45) is 5.73 Å². The zero-order valence-corrected chi connectivity index (χ0v) is 6.73. The first-order chi connectivity index (χ1) is 4.34. The molecule has 1 aromatic heterocycles. The highest BCUT2D eigenvalue weighted by molar-refractivity contribution is 5.85. The zero-order valence-electron chi connectivity index (χ0n) is 5.91. The van der Waals surface area contributed by atoms with Crippen LogP contribution in [0.3, 0.4) is 0 Å². The Kier molecular flexibility index (Phi) is 4.16. The second kappa shape index (κ2) is 4.36. The summed E-state index contributed by atoms with van der Waals surface area (Å²) in [5, 5.41) is 0. The summed E-state index contributed by atoms with van der Waals surface area (Å²) >= 11 is 0. The average Bonchev–Trinajstić information content (AvgIpc) is 2.37. The van der Waals surface area contributed by atoms with E-state index in [0.717, 1.165) is 12.0 Å². The molecule has 0 aliphatic carbocycles. The lowest BCUT2D eigenvalue weighted by molar-refractivity contribution is 0.557. The van der Waals surface area contributed by atoms with E-state index in [2.05, 4.69) is 6.92 Å². The highest BCUT2D eigenvalue weighted by Gasteiger charge is 2.01. The van der Waals surface area contributed by atoms with Crippen LogP contribution in [0.25, 0.3) is 0 Å². The third-order valence-electron chi connectivity index (χ3n) is 1.41. The van der Waals surface area contributed by atoms with E-state index in [1.807, 2.05) is 6.07 Å². The van der Waals surface area contributed by atoms with Crippen LogP contribution in [-0.4, -0.2) is 0 Å². The second-order valence-electron chi connectivity index (χ2n) is 2.07. The molecular formula is C7H12ClNO. The van der Waals surface area contributed by atoms with Gasteiger partial charge in [-0.2, -0.15) is 0 Å². The molecule has 0 bridgehead atoms. The monoisotopic (exact) mass is 161 g/mol. The predicted octanol–water partition coefficient (Wildman–Crippen LogP) is 2.11. The van der Waals surface area contributed by atoms with E-state index in [1.54, 1.807) is 12.5 Å². The summed E-state index contributed by atoms with van der Waals surface area (Å²) in [6.07, 6.45) is 4.29. The molecule has 1 atom stereocenters. The molecule has 0 aliphatic heterocycles. The predicted molar refractivity (Wildman–Crippen MR) is 43.2 cm³/mol. The molecule has 0 spiro atoms. The number of furan rings is 1. The van der Waals surface area contributed by atoms with Crippen molar-refractivity contribution in [3.8, 4) is 0 Å². The van der Waals surface area contributed by atoms with Gasteiger partial charge in [-0.1, -0.05) is 6.92 Å². The Bertz CT molecular complexity index is 162. The van der Waals surface area contributed by atoms with Crippen molar-refractivity contribution < 1.29 is 4.42 Å². The summed E-state index contributed by atoms with van der Waals surface area (Å²) in [6.45, 7) is 2.05. The van der Waals surface area contributed by atoms with Gasteiger partial charge in [-0.05, 0) is 12.5 Å². The summed E-state index contributed by atoms with van der Waals surface area (Å²) in [6, 6.07) is 2.04. The van der Waals surface area contributed by atoms with E-state index in [1.165, 1.54) is 0 Å². The van der Waals surface area contributed by atoms with Crippen molar-refractivity contribution in [1.82, 2.24) is 0 Å². The molecule has 3 heteroatoms. The molecule has 1 heterocycles. The van der Waals surface area contributed by atoms with E-state index in [4.69, 9.17) is 10.2 Å². The summed E-state index contributed by atoms with van der Waals surface area (Å²) in [5.74, 6) is 0. The van der Waals surface area contributed by atoms with E-state index in [0.29, 0.717) is 0 Å². The fraction of sp³-hybridized carbons (Fsp3) is 0.429. The SMILES string of the molecule is CC[C@H](N)c1ccoc1.Cl. The molecule has 0 saturated heterocycles.